The van der Waals surface area contributed by atoms with Crippen molar-refractivity contribution < 1.29 is 4.74 Å². The summed E-state index contributed by atoms with van der Waals surface area (Å²) < 4.78 is 5.49. The molecular weight excluding hydrogens is 226 g/mol. The number of nitrogens with two attached hydrogens (primary N) is 1. The van der Waals surface area contributed by atoms with Crippen LogP contribution in [-0.4, -0.2) is 11.6 Å². The third kappa shape index (κ3) is 3.00. The maximum absolute atomic E-state index is 5.74. The van der Waals surface area contributed by atoms with Gasteiger partial charge in [-0.25, -0.2) is 0 Å². The average molecular weight is 249 g/mol. The maximum Gasteiger partial charge on any atom is 0.137 e. The molecule has 3 unspecified atom stereocenters. The molecule has 0 radical (unpaired) electrons. The molecule has 0 amide bonds. The van der Waals surface area contributed by atoms with E-state index in [1.165, 1.54) is 19.3 Å². The summed E-state index contributed by atoms with van der Waals surface area (Å²) in [5.74, 6) is 7.96. The highest BCUT2D eigenvalue weighted by atomic mass is 16.5. The molecule has 0 spiro atoms. The van der Waals surface area contributed by atoms with Crippen molar-refractivity contribution in [2.45, 2.75) is 39.2 Å². The first-order valence-electron chi connectivity index (χ1n) is 6.78. The van der Waals surface area contributed by atoms with Gasteiger partial charge in [0, 0.05) is 6.20 Å². The summed E-state index contributed by atoms with van der Waals surface area (Å²) >= 11 is 0. The zero-order valence-electron chi connectivity index (χ0n) is 11.2. The molecule has 0 bridgehead atoms. The van der Waals surface area contributed by atoms with E-state index in [4.69, 9.17) is 10.6 Å². The molecule has 1 heterocycles. The van der Waals surface area contributed by atoms with Gasteiger partial charge < -0.3 is 4.74 Å². The maximum atomic E-state index is 5.74. The second-order valence-electron chi connectivity index (χ2n) is 5.21. The fraction of sp³-hybridized carbons (Fsp3) is 0.643. The van der Waals surface area contributed by atoms with E-state index in [9.17, 15) is 0 Å². The Morgan fingerprint density at radius 3 is 2.94 bits per heavy atom. The number of hydrogen-bond acceptors (Lipinski definition) is 4. The molecule has 1 aliphatic carbocycles. The Labute approximate surface area is 109 Å². The molecule has 0 aliphatic heterocycles. The Morgan fingerprint density at radius 2 is 2.33 bits per heavy atom. The van der Waals surface area contributed by atoms with Gasteiger partial charge in [0.05, 0.1) is 18.8 Å². The van der Waals surface area contributed by atoms with Crippen molar-refractivity contribution >= 4 is 0 Å². The van der Waals surface area contributed by atoms with E-state index >= 15 is 0 Å². The Balaban J connectivity index is 2.13. The van der Waals surface area contributed by atoms with Crippen LogP contribution in [0.2, 0.25) is 0 Å². The van der Waals surface area contributed by atoms with Crippen LogP contribution in [0.5, 0.6) is 5.75 Å². The van der Waals surface area contributed by atoms with Crippen molar-refractivity contribution in [3.63, 3.8) is 0 Å². The van der Waals surface area contributed by atoms with Gasteiger partial charge in [-0.3, -0.25) is 16.3 Å². The normalized spacial score (nSPS) is 25.1. The molecule has 18 heavy (non-hydrogen) atoms. The van der Waals surface area contributed by atoms with Gasteiger partial charge in [0.15, 0.2) is 0 Å². The molecule has 1 saturated carbocycles. The molecule has 1 aliphatic rings. The number of ether oxygens (including phenoxy) is 1. The second-order valence-corrected chi connectivity index (χ2v) is 5.21. The summed E-state index contributed by atoms with van der Waals surface area (Å²) in [4.78, 5) is 4.24. The van der Waals surface area contributed by atoms with Gasteiger partial charge in [-0.2, -0.15) is 0 Å². The number of nitrogens with zero attached hydrogens (tertiary/aromatic N) is 1. The third-order valence-electron chi connectivity index (χ3n) is 3.79. The first-order chi connectivity index (χ1) is 8.74. The van der Waals surface area contributed by atoms with Crippen LogP contribution in [0.15, 0.2) is 18.5 Å². The minimum absolute atomic E-state index is 0.183. The van der Waals surface area contributed by atoms with Gasteiger partial charge in [-0.05, 0) is 43.2 Å². The number of hydrogen-bond donors (Lipinski definition) is 2. The average Bonchev–Trinajstić information content (AvgIpc) is 2.78. The summed E-state index contributed by atoms with van der Waals surface area (Å²) in [6.07, 6.45) is 7.39. The van der Waals surface area contributed by atoms with E-state index in [1.807, 2.05) is 19.2 Å². The van der Waals surface area contributed by atoms with E-state index in [1.54, 1.807) is 6.20 Å². The van der Waals surface area contributed by atoms with Gasteiger partial charge in [-0.15, -0.1) is 0 Å². The Bertz CT molecular complexity index is 383. The topological polar surface area (TPSA) is 60.2 Å². The smallest absolute Gasteiger partial charge is 0.137 e. The van der Waals surface area contributed by atoms with E-state index in [-0.39, 0.29) is 6.04 Å². The highest BCUT2D eigenvalue weighted by Gasteiger charge is 2.29. The standard InChI is InChI=1S/C14H23N3O/c1-3-18-13-7-12(8-16-9-13)14(17-15)11-5-4-10(2)6-11/h7-11,14,17H,3-6,15H2,1-2H3. The third-order valence-corrected chi connectivity index (χ3v) is 3.79. The number of aromatic nitrogens is 1. The van der Waals surface area contributed by atoms with E-state index in [0.29, 0.717) is 12.5 Å². The largest absolute Gasteiger partial charge is 0.492 e. The van der Waals surface area contributed by atoms with Crippen molar-refractivity contribution in [3.05, 3.63) is 24.0 Å². The van der Waals surface area contributed by atoms with E-state index in [0.717, 1.165) is 17.2 Å². The van der Waals surface area contributed by atoms with Crippen LogP contribution < -0.4 is 16.0 Å². The zero-order chi connectivity index (χ0) is 13.0. The quantitative estimate of drug-likeness (QED) is 0.621. The van der Waals surface area contributed by atoms with Crippen LogP contribution in [0.1, 0.15) is 44.7 Å². The molecule has 4 heteroatoms. The molecule has 1 aromatic heterocycles. The van der Waals surface area contributed by atoms with E-state index in [2.05, 4.69) is 17.3 Å². The lowest BCUT2D eigenvalue weighted by atomic mass is 9.92. The monoisotopic (exact) mass is 249 g/mol. The Kier molecular flexibility index (Phi) is 4.55. The fourth-order valence-corrected chi connectivity index (χ4v) is 2.91. The van der Waals surface area contributed by atoms with Crippen LogP contribution in [0.25, 0.3) is 0 Å². The number of nitrogens with one attached hydrogen (secondary N) is 1. The summed E-state index contributed by atoms with van der Waals surface area (Å²) in [6.45, 7) is 4.94. The highest BCUT2D eigenvalue weighted by molar-refractivity contribution is 5.26. The van der Waals surface area contributed by atoms with Crippen LogP contribution in [0.4, 0.5) is 0 Å². The molecule has 0 aromatic carbocycles. The molecule has 0 saturated heterocycles. The van der Waals surface area contributed by atoms with Crippen molar-refractivity contribution in [3.8, 4) is 5.75 Å². The van der Waals surface area contributed by atoms with Crippen molar-refractivity contribution in [2.75, 3.05) is 6.61 Å². The predicted octanol–water partition coefficient (Wildman–Crippen LogP) is 2.42. The molecule has 100 valence electrons. The van der Waals surface area contributed by atoms with Gasteiger partial charge in [0.2, 0.25) is 0 Å². The highest BCUT2D eigenvalue weighted by Crippen LogP contribution is 2.38. The van der Waals surface area contributed by atoms with Crippen LogP contribution in [-0.2, 0) is 0 Å². The van der Waals surface area contributed by atoms with Crippen LogP contribution in [0, 0.1) is 11.8 Å². The summed E-state index contributed by atoms with van der Waals surface area (Å²) in [5, 5.41) is 0. The lowest BCUT2D eigenvalue weighted by Gasteiger charge is -2.23. The van der Waals surface area contributed by atoms with Gasteiger partial charge in [0.1, 0.15) is 5.75 Å². The van der Waals surface area contributed by atoms with Crippen molar-refractivity contribution in [2.24, 2.45) is 17.7 Å². The SMILES string of the molecule is CCOc1cncc(C(NN)C2CCC(C)C2)c1. The molecule has 3 N–H and O–H groups in total. The minimum atomic E-state index is 0.183. The van der Waals surface area contributed by atoms with E-state index < -0.39 is 0 Å². The lowest BCUT2D eigenvalue weighted by Crippen LogP contribution is -2.32. The molecular formula is C14H23N3O. The lowest BCUT2D eigenvalue weighted by molar-refractivity contribution is 0.333. The zero-order valence-corrected chi connectivity index (χ0v) is 11.2. The second kappa shape index (κ2) is 6.16. The Hall–Kier alpha value is -1.13. The summed E-state index contributed by atoms with van der Waals surface area (Å²) in [5.41, 5.74) is 4.08. The molecule has 2 rings (SSSR count). The first kappa shape index (κ1) is 13.3. The van der Waals surface area contributed by atoms with Gasteiger partial charge in [0.25, 0.3) is 0 Å². The van der Waals surface area contributed by atoms with Crippen LogP contribution >= 0.6 is 0 Å². The van der Waals surface area contributed by atoms with Gasteiger partial charge in [-0.1, -0.05) is 13.3 Å². The minimum Gasteiger partial charge on any atom is -0.492 e. The summed E-state index contributed by atoms with van der Waals surface area (Å²) in [6, 6.07) is 2.23. The molecule has 1 fully saturated rings. The molecule has 1 aromatic rings. The fourth-order valence-electron chi connectivity index (χ4n) is 2.91. The number of rotatable bonds is 5. The van der Waals surface area contributed by atoms with Crippen molar-refractivity contribution in [1.29, 1.82) is 0 Å². The van der Waals surface area contributed by atoms with Gasteiger partial charge >= 0.3 is 0 Å². The molecule has 3 atom stereocenters. The predicted molar refractivity (Wildman–Crippen MR) is 72.0 cm³/mol. The number of pyridine rings is 1. The van der Waals surface area contributed by atoms with Crippen molar-refractivity contribution in [1.82, 2.24) is 10.4 Å². The first-order valence-corrected chi connectivity index (χ1v) is 6.78. The molecule has 4 nitrogen and oxygen atoms in total. The number of hydrazine groups is 1. The van der Waals surface area contributed by atoms with Crippen LogP contribution in [0.3, 0.4) is 0 Å². The summed E-state index contributed by atoms with van der Waals surface area (Å²) in [7, 11) is 0. The Morgan fingerprint density at radius 1 is 1.50 bits per heavy atom.